The van der Waals surface area contributed by atoms with E-state index in [9.17, 15) is 14.7 Å². The van der Waals surface area contributed by atoms with E-state index in [0.717, 1.165) is 25.7 Å². The van der Waals surface area contributed by atoms with Crippen LogP contribution in [0.2, 0.25) is 0 Å². The smallest absolute Gasteiger partial charge is 0.257 e. The molecule has 8 nitrogen and oxygen atoms in total. The van der Waals surface area contributed by atoms with Crippen LogP contribution < -0.4 is 16.2 Å². The Kier molecular flexibility index (Phi) is 4.97. The number of amides is 1. The summed E-state index contributed by atoms with van der Waals surface area (Å²) in [6.45, 7) is 0. The SMILES string of the molecule is Nc1c(C(=O)NC2CCCCC2)c2nc3ccccc3nc2n1-c1ccc(C(=O)[O-])cc1. The fourth-order valence-corrected chi connectivity index (χ4v) is 4.40. The Bertz CT molecular complexity index is 1340. The molecule has 0 spiro atoms. The molecule has 162 valence electrons. The Hall–Kier alpha value is -3.94. The minimum absolute atomic E-state index is 0.0515. The summed E-state index contributed by atoms with van der Waals surface area (Å²) >= 11 is 0. The van der Waals surface area contributed by atoms with Crippen molar-refractivity contribution in [2.75, 3.05) is 5.73 Å². The highest BCUT2D eigenvalue weighted by Crippen LogP contribution is 2.31. The molecule has 0 saturated heterocycles. The summed E-state index contributed by atoms with van der Waals surface area (Å²) in [4.78, 5) is 33.9. The van der Waals surface area contributed by atoms with Crippen LogP contribution in [0.3, 0.4) is 0 Å². The second-order valence-electron chi connectivity index (χ2n) is 8.12. The monoisotopic (exact) mass is 428 g/mol. The highest BCUT2D eigenvalue weighted by Gasteiger charge is 2.26. The number of aromatic nitrogens is 3. The number of carbonyl (C=O) groups is 2. The van der Waals surface area contributed by atoms with Gasteiger partial charge in [-0.1, -0.05) is 43.5 Å². The summed E-state index contributed by atoms with van der Waals surface area (Å²) in [5.41, 5.74) is 9.62. The van der Waals surface area contributed by atoms with Crippen molar-refractivity contribution in [2.45, 2.75) is 38.1 Å². The molecule has 4 aromatic rings. The van der Waals surface area contributed by atoms with Crippen LogP contribution >= 0.6 is 0 Å². The molecule has 1 fully saturated rings. The Morgan fingerprint density at radius 2 is 1.62 bits per heavy atom. The number of nitrogens with zero attached hydrogens (tertiary/aromatic N) is 3. The van der Waals surface area contributed by atoms with Crippen molar-refractivity contribution in [3.8, 4) is 5.69 Å². The molecule has 2 heterocycles. The number of nitrogens with two attached hydrogens (primary N) is 1. The van der Waals surface area contributed by atoms with Crippen LogP contribution in [-0.4, -0.2) is 32.5 Å². The van der Waals surface area contributed by atoms with Crippen molar-refractivity contribution in [1.29, 1.82) is 0 Å². The number of anilines is 1. The first-order valence-corrected chi connectivity index (χ1v) is 10.7. The summed E-state index contributed by atoms with van der Waals surface area (Å²) in [6.07, 6.45) is 5.27. The number of aromatic carboxylic acids is 1. The maximum Gasteiger partial charge on any atom is 0.257 e. The van der Waals surface area contributed by atoms with Crippen LogP contribution in [0.1, 0.15) is 52.8 Å². The number of nitrogen functional groups attached to an aromatic ring is 1. The summed E-state index contributed by atoms with van der Waals surface area (Å²) < 4.78 is 1.64. The molecule has 2 aromatic heterocycles. The van der Waals surface area contributed by atoms with Crippen LogP contribution in [0.5, 0.6) is 0 Å². The maximum atomic E-state index is 13.3. The zero-order valence-electron chi connectivity index (χ0n) is 17.4. The lowest BCUT2D eigenvalue weighted by molar-refractivity contribution is -0.255. The Morgan fingerprint density at radius 1 is 0.969 bits per heavy atom. The highest BCUT2D eigenvalue weighted by molar-refractivity contribution is 6.11. The molecule has 5 rings (SSSR count). The van der Waals surface area contributed by atoms with Gasteiger partial charge in [0.15, 0.2) is 5.65 Å². The van der Waals surface area contributed by atoms with E-state index in [1.54, 1.807) is 16.7 Å². The van der Waals surface area contributed by atoms with Crippen molar-refractivity contribution >= 4 is 39.9 Å². The van der Waals surface area contributed by atoms with Gasteiger partial charge in [-0.25, -0.2) is 9.97 Å². The van der Waals surface area contributed by atoms with Crippen LogP contribution in [0, 0.1) is 0 Å². The normalized spacial score (nSPS) is 14.6. The third-order valence-electron chi connectivity index (χ3n) is 6.03. The van der Waals surface area contributed by atoms with Crippen LogP contribution in [0.15, 0.2) is 48.5 Å². The van der Waals surface area contributed by atoms with E-state index < -0.39 is 5.97 Å². The zero-order chi connectivity index (χ0) is 22.2. The van der Waals surface area contributed by atoms with Gasteiger partial charge in [0.25, 0.3) is 5.91 Å². The van der Waals surface area contributed by atoms with E-state index in [1.807, 2.05) is 24.3 Å². The molecule has 8 heteroatoms. The number of carboxylic acids is 1. The van der Waals surface area contributed by atoms with Gasteiger partial charge in [0.05, 0.1) is 17.0 Å². The number of fused-ring (bicyclic) bond motifs is 2. The Morgan fingerprint density at radius 3 is 2.28 bits per heavy atom. The average molecular weight is 428 g/mol. The van der Waals surface area contributed by atoms with Crippen LogP contribution in [-0.2, 0) is 0 Å². The van der Waals surface area contributed by atoms with Crippen LogP contribution in [0.25, 0.3) is 27.9 Å². The van der Waals surface area contributed by atoms with Gasteiger partial charge in [-0.05, 0) is 42.7 Å². The van der Waals surface area contributed by atoms with E-state index in [2.05, 4.69) is 5.32 Å². The molecule has 1 saturated carbocycles. The van der Waals surface area contributed by atoms with E-state index in [4.69, 9.17) is 15.7 Å². The minimum atomic E-state index is -1.26. The van der Waals surface area contributed by atoms with Gasteiger partial charge in [0.1, 0.15) is 16.9 Å². The van der Waals surface area contributed by atoms with Gasteiger partial charge >= 0.3 is 0 Å². The van der Waals surface area contributed by atoms with Crippen molar-refractivity contribution < 1.29 is 14.7 Å². The molecule has 0 atom stereocenters. The molecule has 1 aliphatic carbocycles. The molecule has 3 N–H and O–H groups in total. The minimum Gasteiger partial charge on any atom is -0.545 e. The summed E-state index contributed by atoms with van der Waals surface area (Å²) in [5.74, 6) is -1.32. The fraction of sp³-hybridized carbons (Fsp3) is 0.250. The molecular weight excluding hydrogens is 406 g/mol. The maximum absolute atomic E-state index is 13.3. The third kappa shape index (κ3) is 3.43. The number of carboxylic acid groups (broad SMARTS) is 1. The number of rotatable bonds is 4. The molecule has 0 radical (unpaired) electrons. The van der Waals surface area contributed by atoms with E-state index in [1.165, 1.54) is 18.6 Å². The van der Waals surface area contributed by atoms with Crippen LogP contribution in [0.4, 0.5) is 5.82 Å². The fourth-order valence-electron chi connectivity index (χ4n) is 4.40. The number of benzene rings is 2. The first kappa shape index (κ1) is 20.0. The molecule has 2 aromatic carbocycles. The third-order valence-corrected chi connectivity index (χ3v) is 6.03. The van der Waals surface area contributed by atoms with Crippen molar-refractivity contribution in [1.82, 2.24) is 19.9 Å². The van der Waals surface area contributed by atoms with Crippen molar-refractivity contribution in [3.63, 3.8) is 0 Å². The van der Waals surface area contributed by atoms with Gasteiger partial charge in [0.2, 0.25) is 0 Å². The Balaban J connectivity index is 1.68. The van der Waals surface area contributed by atoms with Gasteiger partial charge in [-0.2, -0.15) is 0 Å². The molecule has 0 aliphatic heterocycles. The lowest BCUT2D eigenvalue weighted by Gasteiger charge is -2.22. The predicted octanol–water partition coefficient (Wildman–Crippen LogP) is 2.58. The number of hydrogen-bond acceptors (Lipinski definition) is 6. The highest BCUT2D eigenvalue weighted by atomic mass is 16.4. The molecule has 1 aliphatic rings. The van der Waals surface area contributed by atoms with Gasteiger partial charge in [-0.15, -0.1) is 0 Å². The first-order chi connectivity index (χ1) is 15.5. The molecule has 1 amide bonds. The predicted molar refractivity (Wildman–Crippen MR) is 119 cm³/mol. The van der Waals surface area contributed by atoms with Crippen molar-refractivity contribution in [2.24, 2.45) is 0 Å². The van der Waals surface area contributed by atoms with Crippen molar-refractivity contribution in [3.05, 3.63) is 59.7 Å². The molecule has 0 bridgehead atoms. The second-order valence-corrected chi connectivity index (χ2v) is 8.12. The number of carbonyl (C=O) groups excluding carboxylic acids is 2. The lowest BCUT2D eigenvalue weighted by Crippen LogP contribution is -2.36. The van der Waals surface area contributed by atoms with Gasteiger partial charge in [-0.3, -0.25) is 9.36 Å². The number of para-hydroxylation sites is 2. The van der Waals surface area contributed by atoms with E-state index in [0.29, 0.717) is 27.9 Å². The standard InChI is InChI=1S/C24H23N5O3/c25-21-19(23(30)26-15-6-2-1-3-7-15)20-22(28-18-9-5-4-8-17(18)27-20)29(21)16-12-10-14(11-13-16)24(31)32/h4-5,8-13,15H,1-3,6-7,25H2,(H,26,30)(H,31,32)/p-1. The first-order valence-electron chi connectivity index (χ1n) is 10.7. The molecule has 32 heavy (non-hydrogen) atoms. The second kappa shape index (κ2) is 7.96. The summed E-state index contributed by atoms with van der Waals surface area (Å²) in [6, 6.07) is 13.6. The number of nitrogens with one attached hydrogen (secondary N) is 1. The van der Waals surface area contributed by atoms with Gasteiger partial charge < -0.3 is 21.0 Å². The van der Waals surface area contributed by atoms with Gasteiger partial charge in [0, 0.05) is 11.7 Å². The topological polar surface area (TPSA) is 126 Å². The largest absolute Gasteiger partial charge is 0.545 e. The average Bonchev–Trinajstić information content (AvgIpc) is 3.09. The summed E-state index contributed by atoms with van der Waals surface area (Å²) in [7, 11) is 0. The number of hydrogen-bond donors (Lipinski definition) is 2. The summed E-state index contributed by atoms with van der Waals surface area (Å²) in [5, 5.41) is 14.3. The van der Waals surface area contributed by atoms with E-state index in [-0.39, 0.29) is 28.9 Å². The zero-order valence-corrected chi connectivity index (χ0v) is 17.4. The Labute approximate surface area is 184 Å². The molecule has 0 unspecified atom stereocenters. The lowest BCUT2D eigenvalue weighted by atomic mass is 9.95. The quantitative estimate of drug-likeness (QED) is 0.514. The van der Waals surface area contributed by atoms with E-state index >= 15 is 0 Å². The molecular formula is C24H22N5O3-.